The fourth-order valence-electron chi connectivity index (χ4n) is 3.52. The number of rotatable bonds is 10. The number of nitrogens with one attached hydrogen (secondary N) is 2. The lowest BCUT2D eigenvalue weighted by molar-refractivity contribution is 0.0919. The molecule has 0 saturated heterocycles. The predicted octanol–water partition coefficient (Wildman–Crippen LogP) is 3.36. The highest BCUT2D eigenvalue weighted by atomic mass is 35.5. The van der Waals surface area contributed by atoms with Gasteiger partial charge in [0.05, 0.1) is 43.6 Å². The zero-order valence-corrected chi connectivity index (χ0v) is 20.7. The van der Waals surface area contributed by atoms with Crippen molar-refractivity contribution in [2.24, 2.45) is 15.7 Å². The highest BCUT2D eigenvalue weighted by Gasteiger charge is 2.20. The van der Waals surface area contributed by atoms with Gasteiger partial charge in [0.2, 0.25) is 0 Å². The summed E-state index contributed by atoms with van der Waals surface area (Å²) in [6.45, 7) is 4.14. The van der Waals surface area contributed by atoms with Gasteiger partial charge in [-0.15, -0.1) is 0 Å². The molecule has 2 aromatic carbocycles. The van der Waals surface area contributed by atoms with Crippen molar-refractivity contribution in [3.05, 3.63) is 70.5 Å². The second-order valence-corrected chi connectivity index (χ2v) is 8.13. The lowest BCUT2D eigenvalue weighted by atomic mass is 10.1. The topological polar surface area (TPSA) is 114 Å². The minimum Gasteiger partial charge on any atom is -0.495 e. The van der Waals surface area contributed by atoms with Crippen molar-refractivity contribution in [3.63, 3.8) is 0 Å². The number of carbonyl (C=O) groups excluding carboxylic acids is 1. The molecule has 3 rings (SSSR count). The highest BCUT2D eigenvalue weighted by Crippen LogP contribution is 2.31. The molecule has 1 atom stereocenters. The number of methoxy groups -OCH3 is 1. The second-order valence-electron chi connectivity index (χ2n) is 7.73. The van der Waals surface area contributed by atoms with Crippen LogP contribution in [-0.4, -0.2) is 63.3 Å². The lowest BCUT2D eigenvalue weighted by Gasteiger charge is -2.31. The minimum absolute atomic E-state index is 0.150. The molecule has 2 aromatic rings. The number of nitrogens with two attached hydrogens (primary N) is 1. The van der Waals surface area contributed by atoms with E-state index in [9.17, 15) is 4.79 Å². The number of halogens is 1. The van der Waals surface area contributed by atoms with Crippen LogP contribution in [0.25, 0.3) is 0 Å². The summed E-state index contributed by atoms with van der Waals surface area (Å²) in [6, 6.07) is 11.1. The number of anilines is 1. The lowest BCUT2D eigenvalue weighted by Crippen LogP contribution is -2.31. The van der Waals surface area contributed by atoms with Gasteiger partial charge in [-0.2, -0.15) is 0 Å². The van der Waals surface area contributed by atoms with Crippen molar-refractivity contribution in [1.82, 2.24) is 10.3 Å². The zero-order chi connectivity index (χ0) is 25.0. The molecule has 4 N–H and O–H groups in total. The molecular weight excluding hydrogens is 468 g/mol. The molecule has 10 heteroatoms. The summed E-state index contributed by atoms with van der Waals surface area (Å²) in [7, 11) is 1.58. The number of amides is 1. The molecule has 1 aliphatic heterocycles. The molecule has 1 aliphatic rings. The van der Waals surface area contributed by atoms with Crippen LogP contribution in [0.1, 0.15) is 27.5 Å². The van der Waals surface area contributed by atoms with Gasteiger partial charge in [0.1, 0.15) is 5.75 Å². The van der Waals surface area contributed by atoms with Crippen LogP contribution < -0.4 is 21.2 Å². The molecule has 1 heterocycles. The van der Waals surface area contributed by atoms with Crippen LogP contribution in [0.5, 0.6) is 5.75 Å². The van der Waals surface area contributed by atoms with E-state index in [0.717, 1.165) is 16.8 Å². The van der Waals surface area contributed by atoms with E-state index < -0.39 is 0 Å². The number of hydrazine groups is 1. The van der Waals surface area contributed by atoms with E-state index in [-0.39, 0.29) is 11.9 Å². The molecule has 0 spiro atoms. The fraction of sp³-hybridized carbons (Fsp3) is 0.320. The Morgan fingerprint density at radius 1 is 1.23 bits per heavy atom. The normalized spacial score (nSPS) is 18.1. The molecule has 0 aliphatic carbocycles. The molecule has 0 fully saturated rings. The number of nitrogens with zero attached hydrogens (tertiary/aromatic N) is 3. The smallest absolute Gasteiger partial charge is 0.251 e. The Hall–Kier alpha value is -3.40. The van der Waals surface area contributed by atoms with Crippen LogP contribution in [-0.2, 0) is 4.74 Å². The van der Waals surface area contributed by atoms with Crippen molar-refractivity contribution < 1.29 is 14.3 Å². The van der Waals surface area contributed by atoms with E-state index in [1.807, 2.05) is 48.5 Å². The van der Waals surface area contributed by atoms with Crippen molar-refractivity contribution in [1.29, 1.82) is 0 Å². The minimum atomic E-state index is -0.176. The molecule has 1 unspecified atom stereocenters. The number of carbonyl (C=O) groups is 1. The summed E-state index contributed by atoms with van der Waals surface area (Å²) in [5.41, 5.74) is 12.0. The van der Waals surface area contributed by atoms with Crippen LogP contribution >= 0.6 is 11.6 Å². The van der Waals surface area contributed by atoms with Crippen LogP contribution in [0.2, 0.25) is 5.02 Å². The van der Waals surface area contributed by atoms with E-state index in [1.165, 1.54) is 0 Å². The first-order valence-electron chi connectivity index (χ1n) is 11.3. The maximum absolute atomic E-state index is 12.6. The Morgan fingerprint density at radius 3 is 2.83 bits per heavy atom. The molecule has 0 radical (unpaired) electrons. The number of ether oxygens (including phenoxy) is 2. The van der Waals surface area contributed by atoms with Gasteiger partial charge >= 0.3 is 0 Å². The van der Waals surface area contributed by atoms with Crippen LogP contribution in [0.15, 0.2) is 58.8 Å². The molecule has 186 valence electrons. The standard InChI is InChI=1S/C25H31ClN6O3/c1-18-15-20(4-5-21(18)25(33)30-11-14-35-13-7-27)31-32-12-10-28-8-9-29-17-23(32)19-3-6-24(34-2)22(26)16-19/h3-6,8-10,12,15-16,23,31H,7,11,13-14,17,27H2,1-2H3,(H,30,33)/b12-10-,28-8-,29-9+. The summed E-state index contributed by atoms with van der Waals surface area (Å²) in [4.78, 5) is 21.2. The first-order chi connectivity index (χ1) is 17.0. The van der Waals surface area contributed by atoms with Crippen LogP contribution in [0.3, 0.4) is 0 Å². The van der Waals surface area contributed by atoms with Gasteiger partial charge in [-0.25, -0.2) is 0 Å². The summed E-state index contributed by atoms with van der Waals surface area (Å²) < 4.78 is 10.6. The Kier molecular flexibility index (Phi) is 10.1. The first kappa shape index (κ1) is 26.2. The van der Waals surface area contributed by atoms with Gasteiger partial charge < -0.3 is 20.5 Å². The first-order valence-corrected chi connectivity index (χ1v) is 11.6. The molecule has 35 heavy (non-hydrogen) atoms. The van der Waals surface area contributed by atoms with Crippen molar-refractivity contribution in [3.8, 4) is 5.75 Å². The quantitative estimate of drug-likeness (QED) is 0.433. The van der Waals surface area contributed by atoms with Crippen molar-refractivity contribution in [2.75, 3.05) is 45.4 Å². The molecule has 9 nitrogen and oxygen atoms in total. The Morgan fingerprint density at radius 2 is 2.09 bits per heavy atom. The largest absolute Gasteiger partial charge is 0.495 e. The molecule has 0 bridgehead atoms. The zero-order valence-electron chi connectivity index (χ0n) is 19.9. The summed E-state index contributed by atoms with van der Waals surface area (Å²) in [5, 5.41) is 5.30. The van der Waals surface area contributed by atoms with Gasteiger partial charge in [-0.3, -0.25) is 25.2 Å². The Bertz CT molecular complexity index is 1090. The molecule has 1 amide bonds. The molecule has 0 saturated carbocycles. The molecule has 0 aromatic heterocycles. The third-order valence-corrected chi connectivity index (χ3v) is 5.56. The Labute approximate surface area is 210 Å². The number of aryl methyl sites for hydroxylation is 1. The average Bonchev–Trinajstić information content (AvgIpc) is 2.96. The van der Waals surface area contributed by atoms with Crippen molar-refractivity contribution in [2.45, 2.75) is 13.0 Å². The third kappa shape index (κ3) is 7.54. The summed E-state index contributed by atoms with van der Waals surface area (Å²) >= 11 is 6.39. The summed E-state index contributed by atoms with van der Waals surface area (Å²) in [5.74, 6) is 0.457. The average molecular weight is 499 g/mol. The van der Waals surface area contributed by atoms with E-state index in [2.05, 4.69) is 20.7 Å². The third-order valence-electron chi connectivity index (χ3n) is 5.27. The van der Waals surface area contributed by atoms with Crippen LogP contribution in [0.4, 0.5) is 5.69 Å². The van der Waals surface area contributed by atoms with Crippen molar-refractivity contribution >= 4 is 35.6 Å². The predicted molar refractivity (Wildman–Crippen MR) is 141 cm³/mol. The molecular formula is C25H31ClN6O3. The second kappa shape index (κ2) is 13.5. The van der Waals surface area contributed by atoms with Gasteiger partial charge in [0.25, 0.3) is 5.91 Å². The summed E-state index contributed by atoms with van der Waals surface area (Å²) in [6.07, 6.45) is 6.83. The number of hydrogen-bond acceptors (Lipinski definition) is 8. The monoisotopic (exact) mass is 498 g/mol. The van der Waals surface area contributed by atoms with E-state index in [0.29, 0.717) is 49.2 Å². The van der Waals surface area contributed by atoms with Gasteiger partial charge in [-0.1, -0.05) is 17.7 Å². The maximum Gasteiger partial charge on any atom is 0.251 e. The number of benzene rings is 2. The van der Waals surface area contributed by atoms with Gasteiger partial charge in [0, 0.05) is 43.5 Å². The fourth-order valence-corrected chi connectivity index (χ4v) is 3.79. The van der Waals surface area contributed by atoms with Crippen LogP contribution in [0, 0.1) is 6.92 Å². The van der Waals surface area contributed by atoms with Gasteiger partial charge in [0.15, 0.2) is 0 Å². The SMILES string of the molecule is COc1ccc(C2C/N=C/C=N\C=C/N2Nc2ccc(C(=O)NCCOCCN)c(C)c2)cc1Cl. The highest BCUT2D eigenvalue weighted by molar-refractivity contribution is 6.32. The maximum atomic E-state index is 12.6. The number of aliphatic imine (C=N–C) groups is 2. The van der Waals surface area contributed by atoms with E-state index >= 15 is 0 Å². The van der Waals surface area contributed by atoms with E-state index in [1.54, 1.807) is 31.8 Å². The van der Waals surface area contributed by atoms with Gasteiger partial charge in [-0.05, 0) is 48.4 Å². The Balaban J connectivity index is 1.77. The van der Waals surface area contributed by atoms with E-state index in [4.69, 9.17) is 26.8 Å². The number of hydrogen-bond donors (Lipinski definition) is 3.